The van der Waals surface area contributed by atoms with Crippen molar-refractivity contribution in [1.82, 2.24) is 9.88 Å². The molecule has 1 N–H and O–H groups in total. The number of hydrogen-bond acceptors (Lipinski definition) is 5. The van der Waals surface area contributed by atoms with Crippen molar-refractivity contribution in [1.29, 1.82) is 0 Å². The number of nitrogens with zero attached hydrogens (tertiary/aromatic N) is 2. The molecule has 0 aliphatic rings. The third kappa shape index (κ3) is 4.96. The Bertz CT molecular complexity index is 877. The fourth-order valence-electron chi connectivity index (χ4n) is 2.48. The summed E-state index contributed by atoms with van der Waals surface area (Å²) in [5, 5.41) is 0.664. The van der Waals surface area contributed by atoms with Crippen LogP contribution in [-0.2, 0) is 21.2 Å². The predicted molar refractivity (Wildman–Crippen MR) is 105 cm³/mol. The number of benzene rings is 1. The van der Waals surface area contributed by atoms with Crippen LogP contribution in [0.4, 0.5) is 5.13 Å². The number of halogens is 1. The minimum Gasteiger partial charge on any atom is -0.343 e. The van der Waals surface area contributed by atoms with Crippen LogP contribution < -0.4 is 4.72 Å². The van der Waals surface area contributed by atoms with Crippen molar-refractivity contribution >= 4 is 44.0 Å². The van der Waals surface area contributed by atoms with E-state index in [1.54, 1.807) is 30.2 Å². The number of sulfonamides is 1. The highest BCUT2D eigenvalue weighted by Gasteiger charge is 2.20. The molecule has 0 aliphatic heterocycles. The van der Waals surface area contributed by atoms with Crippen LogP contribution >= 0.6 is 22.9 Å². The van der Waals surface area contributed by atoms with Crippen molar-refractivity contribution in [2.75, 3.05) is 17.8 Å². The highest BCUT2D eigenvalue weighted by molar-refractivity contribution is 7.93. The van der Waals surface area contributed by atoms with Gasteiger partial charge in [0.05, 0.1) is 4.90 Å². The van der Waals surface area contributed by atoms with Gasteiger partial charge >= 0.3 is 0 Å². The summed E-state index contributed by atoms with van der Waals surface area (Å²) in [7, 11) is -3.77. The van der Waals surface area contributed by atoms with Crippen molar-refractivity contribution in [2.24, 2.45) is 0 Å². The van der Waals surface area contributed by atoms with E-state index in [0.29, 0.717) is 36.5 Å². The largest absolute Gasteiger partial charge is 0.343 e. The topological polar surface area (TPSA) is 79.4 Å². The smallest absolute Gasteiger partial charge is 0.263 e. The molecule has 0 radical (unpaired) electrons. The van der Waals surface area contributed by atoms with Crippen LogP contribution in [0.15, 0.2) is 29.3 Å². The van der Waals surface area contributed by atoms with Gasteiger partial charge in [-0.1, -0.05) is 17.7 Å². The number of aryl methyl sites for hydroxylation is 1. The summed E-state index contributed by atoms with van der Waals surface area (Å²) in [6, 6.07) is 4.74. The number of thiazole rings is 1. The van der Waals surface area contributed by atoms with Crippen LogP contribution in [0, 0.1) is 6.92 Å². The number of rotatable bonds is 8. The van der Waals surface area contributed by atoms with Crippen LogP contribution in [-0.4, -0.2) is 37.3 Å². The number of nitrogens with one attached hydrogen (secondary N) is 1. The lowest BCUT2D eigenvalue weighted by molar-refractivity contribution is -0.130. The average Bonchev–Trinajstić information content (AvgIpc) is 3.03. The summed E-state index contributed by atoms with van der Waals surface area (Å²) in [6.07, 6.45) is 2.51. The van der Waals surface area contributed by atoms with Crippen molar-refractivity contribution in [3.05, 3.63) is 39.9 Å². The predicted octanol–water partition coefficient (Wildman–Crippen LogP) is 3.71. The fraction of sp³-hybridized carbons (Fsp3) is 0.412. The molecule has 0 unspecified atom stereocenters. The first-order valence-electron chi connectivity index (χ1n) is 8.28. The maximum absolute atomic E-state index is 12.6. The lowest BCUT2D eigenvalue weighted by Crippen LogP contribution is -2.30. The first-order valence-corrected chi connectivity index (χ1v) is 11.0. The van der Waals surface area contributed by atoms with Crippen molar-refractivity contribution in [3.8, 4) is 0 Å². The van der Waals surface area contributed by atoms with E-state index in [1.165, 1.54) is 17.4 Å². The van der Waals surface area contributed by atoms with E-state index in [-0.39, 0.29) is 15.9 Å². The Balaban J connectivity index is 2.06. The van der Waals surface area contributed by atoms with Gasteiger partial charge < -0.3 is 4.90 Å². The van der Waals surface area contributed by atoms with Gasteiger partial charge in [0, 0.05) is 35.6 Å². The van der Waals surface area contributed by atoms with E-state index < -0.39 is 10.0 Å². The first kappa shape index (κ1) is 20.7. The molecule has 9 heteroatoms. The SMILES string of the molecule is CCN(CC)C(=O)CCc1cnc(NS(=O)(=O)c2cccc(Cl)c2C)s1. The molecule has 0 saturated heterocycles. The molecule has 26 heavy (non-hydrogen) atoms. The Labute approximate surface area is 163 Å². The maximum Gasteiger partial charge on any atom is 0.263 e. The van der Waals surface area contributed by atoms with Gasteiger partial charge in [0.2, 0.25) is 5.91 Å². The van der Waals surface area contributed by atoms with Gasteiger partial charge in [-0.25, -0.2) is 13.4 Å². The standard InChI is InChI=1S/C17H22ClN3O3S2/c1-4-21(5-2)16(22)10-9-13-11-19-17(25-13)20-26(23,24)15-8-6-7-14(18)12(15)3/h6-8,11H,4-5,9-10H2,1-3H3,(H,19,20). The molecule has 1 heterocycles. The van der Waals surface area contributed by atoms with Crippen LogP contribution in [0.25, 0.3) is 0 Å². The summed E-state index contributed by atoms with van der Waals surface area (Å²) in [5.74, 6) is 0.0834. The normalized spacial score (nSPS) is 11.4. The third-order valence-corrected chi connectivity index (χ3v) is 6.98. The van der Waals surface area contributed by atoms with E-state index >= 15 is 0 Å². The summed E-state index contributed by atoms with van der Waals surface area (Å²) >= 11 is 7.23. The van der Waals surface area contributed by atoms with Gasteiger partial charge in [-0.3, -0.25) is 9.52 Å². The molecule has 0 spiro atoms. The van der Waals surface area contributed by atoms with Gasteiger partial charge in [-0.05, 0) is 44.9 Å². The van der Waals surface area contributed by atoms with Crippen molar-refractivity contribution in [2.45, 2.75) is 38.5 Å². The monoisotopic (exact) mass is 415 g/mol. The zero-order valence-corrected chi connectivity index (χ0v) is 17.3. The van der Waals surface area contributed by atoms with E-state index in [1.807, 2.05) is 13.8 Å². The highest BCUT2D eigenvalue weighted by atomic mass is 35.5. The van der Waals surface area contributed by atoms with Crippen LogP contribution in [0.1, 0.15) is 30.7 Å². The molecule has 142 valence electrons. The molecule has 0 bridgehead atoms. The molecule has 2 aromatic rings. The zero-order valence-electron chi connectivity index (χ0n) is 15.0. The zero-order chi connectivity index (χ0) is 19.3. The van der Waals surface area contributed by atoms with Gasteiger partial charge in [-0.15, -0.1) is 11.3 Å². The van der Waals surface area contributed by atoms with Gasteiger partial charge in [-0.2, -0.15) is 0 Å². The number of amides is 1. The third-order valence-electron chi connectivity index (χ3n) is 3.98. The Hall–Kier alpha value is -1.64. The van der Waals surface area contributed by atoms with Gasteiger partial charge in [0.15, 0.2) is 5.13 Å². The molecule has 0 fully saturated rings. The molecule has 1 amide bonds. The number of aromatic nitrogens is 1. The number of hydrogen-bond donors (Lipinski definition) is 1. The molecule has 1 aromatic heterocycles. The fourth-order valence-corrected chi connectivity index (χ4v) is 5.04. The van der Waals surface area contributed by atoms with Crippen LogP contribution in [0.2, 0.25) is 5.02 Å². The Morgan fingerprint density at radius 3 is 2.65 bits per heavy atom. The molecule has 2 rings (SSSR count). The van der Waals surface area contributed by atoms with Crippen molar-refractivity contribution < 1.29 is 13.2 Å². The molecular weight excluding hydrogens is 394 g/mol. The van der Waals surface area contributed by atoms with E-state index in [4.69, 9.17) is 11.6 Å². The molecular formula is C17H22ClN3O3S2. The maximum atomic E-state index is 12.6. The molecule has 6 nitrogen and oxygen atoms in total. The second-order valence-electron chi connectivity index (χ2n) is 5.67. The van der Waals surface area contributed by atoms with Crippen LogP contribution in [0.3, 0.4) is 0 Å². The van der Waals surface area contributed by atoms with E-state index in [9.17, 15) is 13.2 Å². The first-order chi connectivity index (χ1) is 12.3. The Kier molecular flexibility index (Phi) is 7.02. The quantitative estimate of drug-likeness (QED) is 0.712. The van der Waals surface area contributed by atoms with Gasteiger partial charge in [0.25, 0.3) is 10.0 Å². The highest BCUT2D eigenvalue weighted by Crippen LogP contribution is 2.27. The minimum atomic E-state index is -3.77. The molecule has 0 atom stereocenters. The Morgan fingerprint density at radius 2 is 2.00 bits per heavy atom. The molecule has 0 aliphatic carbocycles. The van der Waals surface area contributed by atoms with Crippen molar-refractivity contribution in [3.63, 3.8) is 0 Å². The van der Waals surface area contributed by atoms with Gasteiger partial charge in [0.1, 0.15) is 0 Å². The second-order valence-corrected chi connectivity index (χ2v) is 8.84. The number of anilines is 1. The minimum absolute atomic E-state index is 0.0834. The number of carbonyl (C=O) groups excluding carboxylic acids is 1. The second kappa shape index (κ2) is 8.83. The van der Waals surface area contributed by atoms with E-state index in [0.717, 1.165) is 4.88 Å². The number of carbonyl (C=O) groups is 1. The summed E-state index contributed by atoms with van der Waals surface area (Å²) in [5.41, 5.74) is 0.489. The molecule has 1 aromatic carbocycles. The molecule has 0 saturated carbocycles. The average molecular weight is 416 g/mol. The van der Waals surface area contributed by atoms with E-state index in [2.05, 4.69) is 9.71 Å². The lowest BCUT2D eigenvalue weighted by atomic mass is 10.2. The summed E-state index contributed by atoms with van der Waals surface area (Å²) in [6.45, 7) is 6.91. The summed E-state index contributed by atoms with van der Waals surface area (Å²) in [4.78, 5) is 18.9. The lowest BCUT2D eigenvalue weighted by Gasteiger charge is -2.18. The Morgan fingerprint density at radius 1 is 1.31 bits per heavy atom. The summed E-state index contributed by atoms with van der Waals surface area (Å²) < 4.78 is 27.6. The van der Waals surface area contributed by atoms with Crippen LogP contribution in [0.5, 0.6) is 0 Å².